The van der Waals surface area contributed by atoms with Gasteiger partial charge in [0.2, 0.25) is 11.8 Å². The largest absolute Gasteiger partial charge is 0.439 e. The highest BCUT2D eigenvalue weighted by atomic mass is 19.3. The molecule has 0 aliphatic carbocycles. The lowest BCUT2D eigenvalue weighted by atomic mass is 10.1. The standard InChI is InChI=1S/C21H15F2N5O/c1-21(22,23)16-3-2-10-25-19(16)29-15-7-5-14(6-8-15)26-20-27-17-9-4-13(12-24)11-18(17)28-20/h2-11H,1H3,(H2,26,27,28). The number of anilines is 2. The van der Waals surface area contributed by atoms with Gasteiger partial charge in [0.1, 0.15) is 5.75 Å². The Labute approximate surface area is 164 Å². The summed E-state index contributed by atoms with van der Waals surface area (Å²) in [5.74, 6) is -2.30. The molecule has 0 amide bonds. The number of benzene rings is 2. The minimum atomic E-state index is -3.06. The van der Waals surface area contributed by atoms with E-state index >= 15 is 0 Å². The molecule has 6 nitrogen and oxygen atoms in total. The summed E-state index contributed by atoms with van der Waals surface area (Å²) in [6, 6.07) is 16.8. The fourth-order valence-corrected chi connectivity index (χ4v) is 2.80. The van der Waals surface area contributed by atoms with Crippen LogP contribution in [0.5, 0.6) is 11.6 Å². The molecule has 8 heteroatoms. The lowest BCUT2D eigenvalue weighted by molar-refractivity contribution is 0.0149. The summed E-state index contributed by atoms with van der Waals surface area (Å²) in [4.78, 5) is 11.4. The number of hydrogen-bond acceptors (Lipinski definition) is 5. The molecule has 0 saturated heterocycles. The van der Waals surface area contributed by atoms with Gasteiger partial charge in [-0.1, -0.05) is 0 Å². The van der Waals surface area contributed by atoms with E-state index in [1.54, 1.807) is 42.5 Å². The molecule has 29 heavy (non-hydrogen) atoms. The summed E-state index contributed by atoms with van der Waals surface area (Å²) in [7, 11) is 0. The smallest absolute Gasteiger partial charge is 0.275 e. The van der Waals surface area contributed by atoms with Crippen LogP contribution in [0.25, 0.3) is 11.0 Å². The molecule has 0 atom stereocenters. The van der Waals surface area contributed by atoms with Crippen LogP contribution >= 0.6 is 0 Å². The van der Waals surface area contributed by atoms with Crippen LogP contribution in [-0.2, 0) is 5.92 Å². The quantitative estimate of drug-likeness (QED) is 0.471. The van der Waals surface area contributed by atoms with Crippen LogP contribution in [0.15, 0.2) is 60.8 Å². The fraction of sp³-hybridized carbons (Fsp3) is 0.0952. The number of halogens is 2. The predicted octanol–water partition coefficient (Wildman–Crippen LogP) is 5.48. The zero-order valence-corrected chi connectivity index (χ0v) is 15.3. The number of nitrogens with one attached hydrogen (secondary N) is 2. The Hall–Kier alpha value is -3.99. The summed E-state index contributed by atoms with van der Waals surface area (Å²) in [6.07, 6.45) is 1.40. The third-order valence-corrected chi connectivity index (χ3v) is 4.19. The van der Waals surface area contributed by atoms with Gasteiger partial charge in [0, 0.05) is 18.8 Å². The van der Waals surface area contributed by atoms with Crippen LogP contribution in [0.3, 0.4) is 0 Å². The maximum absolute atomic E-state index is 13.7. The van der Waals surface area contributed by atoms with Gasteiger partial charge in [-0.15, -0.1) is 0 Å². The van der Waals surface area contributed by atoms with Gasteiger partial charge in [-0.3, -0.25) is 0 Å². The van der Waals surface area contributed by atoms with Crippen LogP contribution < -0.4 is 10.1 Å². The molecule has 2 aromatic carbocycles. The van der Waals surface area contributed by atoms with E-state index in [-0.39, 0.29) is 11.4 Å². The van der Waals surface area contributed by atoms with Crippen LogP contribution in [0.4, 0.5) is 20.4 Å². The Morgan fingerprint density at radius 1 is 1.14 bits per heavy atom. The van der Waals surface area contributed by atoms with Crippen LogP contribution in [0, 0.1) is 11.3 Å². The number of H-pyrrole nitrogens is 1. The first-order chi connectivity index (χ1) is 13.9. The molecule has 144 valence electrons. The van der Waals surface area contributed by atoms with Crippen molar-refractivity contribution in [3.05, 3.63) is 71.9 Å². The minimum Gasteiger partial charge on any atom is -0.439 e. The zero-order chi connectivity index (χ0) is 20.4. The van der Waals surface area contributed by atoms with Crippen molar-refractivity contribution in [2.75, 3.05) is 5.32 Å². The summed E-state index contributed by atoms with van der Waals surface area (Å²) in [5, 5.41) is 12.1. The lowest BCUT2D eigenvalue weighted by Crippen LogP contribution is -2.09. The maximum Gasteiger partial charge on any atom is 0.275 e. The molecule has 0 fully saturated rings. The second-order valence-corrected chi connectivity index (χ2v) is 6.43. The van der Waals surface area contributed by atoms with Crippen LogP contribution in [0.2, 0.25) is 0 Å². The van der Waals surface area contributed by atoms with Crippen LogP contribution in [-0.4, -0.2) is 15.0 Å². The molecule has 2 heterocycles. The number of hydrogen-bond donors (Lipinski definition) is 2. The van der Waals surface area contributed by atoms with Gasteiger partial charge < -0.3 is 15.0 Å². The molecule has 0 aliphatic rings. The fourth-order valence-electron chi connectivity index (χ4n) is 2.80. The van der Waals surface area contributed by atoms with E-state index in [2.05, 4.69) is 26.3 Å². The average Bonchev–Trinajstić information content (AvgIpc) is 3.10. The second kappa shape index (κ2) is 7.20. The molecule has 4 rings (SSSR count). The van der Waals surface area contributed by atoms with Crippen molar-refractivity contribution in [3.8, 4) is 17.7 Å². The molecule has 0 bridgehead atoms. The molecular weight excluding hydrogens is 376 g/mol. The van der Waals surface area contributed by atoms with E-state index in [4.69, 9.17) is 10.00 Å². The number of rotatable bonds is 5. The Bertz CT molecular complexity index is 1210. The Morgan fingerprint density at radius 3 is 2.66 bits per heavy atom. The number of nitriles is 1. The van der Waals surface area contributed by atoms with Gasteiger partial charge in [0.25, 0.3) is 5.92 Å². The number of imidazole rings is 1. The first-order valence-corrected chi connectivity index (χ1v) is 8.70. The van der Waals surface area contributed by atoms with E-state index in [9.17, 15) is 8.78 Å². The second-order valence-electron chi connectivity index (χ2n) is 6.43. The van der Waals surface area contributed by atoms with E-state index in [0.29, 0.717) is 17.3 Å². The monoisotopic (exact) mass is 391 g/mol. The number of ether oxygens (including phenoxy) is 1. The van der Waals surface area contributed by atoms with Crippen LogP contribution in [0.1, 0.15) is 18.1 Å². The van der Waals surface area contributed by atoms with Crippen molar-refractivity contribution in [1.29, 1.82) is 5.26 Å². The topological polar surface area (TPSA) is 86.6 Å². The van der Waals surface area contributed by atoms with E-state index < -0.39 is 5.92 Å². The first kappa shape index (κ1) is 18.4. The summed E-state index contributed by atoms with van der Waals surface area (Å²) in [6.45, 7) is 0.802. The third kappa shape index (κ3) is 3.99. The third-order valence-electron chi connectivity index (χ3n) is 4.19. The molecular formula is C21H15F2N5O. The van der Waals surface area contributed by atoms with Gasteiger partial charge in [0.15, 0.2) is 0 Å². The summed E-state index contributed by atoms with van der Waals surface area (Å²) < 4.78 is 32.9. The highest BCUT2D eigenvalue weighted by Crippen LogP contribution is 2.35. The van der Waals surface area contributed by atoms with Crippen molar-refractivity contribution < 1.29 is 13.5 Å². The molecule has 0 aliphatic heterocycles. The Balaban J connectivity index is 1.51. The van der Waals surface area contributed by atoms with Crippen molar-refractivity contribution in [3.63, 3.8) is 0 Å². The van der Waals surface area contributed by atoms with Gasteiger partial charge in [-0.25, -0.2) is 18.7 Å². The minimum absolute atomic E-state index is 0.133. The van der Waals surface area contributed by atoms with Gasteiger partial charge >= 0.3 is 0 Å². The number of aromatic amines is 1. The van der Waals surface area contributed by atoms with Gasteiger partial charge in [0.05, 0.1) is 28.2 Å². The van der Waals surface area contributed by atoms with E-state index in [1.807, 2.05) is 0 Å². The Morgan fingerprint density at radius 2 is 1.93 bits per heavy atom. The van der Waals surface area contributed by atoms with E-state index in [1.165, 1.54) is 18.3 Å². The highest BCUT2D eigenvalue weighted by Gasteiger charge is 2.29. The summed E-state index contributed by atoms with van der Waals surface area (Å²) in [5.41, 5.74) is 2.46. The number of fused-ring (bicyclic) bond motifs is 1. The first-order valence-electron chi connectivity index (χ1n) is 8.70. The van der Waals surface area contributed by atoms with Crippen molar-refractivity contribution in [2.24, 2.45) is 0 Å². The van der Waals surface area contributed by atoms with Crippen molar-refractivity contribution >= 4 is 22.7 Å². The average molecular weight is 391 g/mol. The molecule has 2 N–H and O–H groups in total. The Kier molecular flexibility index (Phi) is 4.56. The SMILES string of the molecule is CC(F)(F)c1cccnc1Oc1ccc(Nc2nc3ccc(C#N)cc3[nH]2)cc1. The molecule has 0 saturated carbocycles. The predicted molar refractivity (Wildman–Crippen MR) is 104 cm³/mol. The molecule has 0 unspecified atom stereocenters. The van der Waals surface area contributed by atoms with Gasteiger partial charge in [-0.05, 0) is 54.6 Å². The van der Waals surface area contributed by atoms with Gasteiger partial charge in [-0.2, -0.15) is 5.26 Å². The molecule has 2 aromatic heterocycles. The normalized spacial score (nSPS) is 11.2. The molecule has 4 aromatic rings. The molecule has 0 radical (unpaired) electrons. The van der Waals surface area contributed by atoms with Crippen molar-refractivity contribution in [1.82, 2.24) is 15.0 Å². The lowest BCUT2D eigenvalue weighted by Gasteiger charge is -2.15. The zero-order valence-electron chi connectivity index (χ0n) is 15.3. The number of alkyl halides is 2. The summed E-state index contributed by atoms with van der Waals surface area (Å²) >= 11 is 0. The highest BCUT2D eigenvalue weighted by molar-refractivity contribution is 5.79. The number of nitrogens with zero attached hydrogens (tertiary/aromatic N) is 3. The van der Waals surface area contributed by atoms with Crippen molar-refractivity contribution in [2.45, 2.75) is 12.8 Å². The number of pyridine rings is 1. The number of aromatic nitrogens is 3. The van der Waals surface area contributed by atoms with E-state index in [0.717, 1.165) is 23.6 Å². The molecule has 0 spiro atoms. The maximum atomic E-state index is 13.7.